The molecule has 0 atom stereocenters. The highest BCUT2D eigenvalue weighted by molar-refractivity contribution is 7.89. The van der Waals surface area contributed by atoms with E-state index in [1.54, 1.807) is 0 Å². The summed E-state index contributed by atoms with van der Waals surface area (Å²) >= 11 is 0. The fourth-order valence-corrected chi connectivity index (χ4v) is 3.93. The Labute approximate surface area is 166 Å². The van der Waals surface area contributed by atoms with E-state index in [9.17, 15) is 13.2 Å². The van der Waals surface area contributed by atoms with Crippen LogP contribution in [-0.4, -0.2) is 65.5 Å². The predicted molar refractivity (Wildman–Crippen MR) is 110 cm³/mol. The zero-order valence-corrected chi connectivity index (χ0v) is 16.8. The summed E-state index contributed by atoms with van der Waals surface area (Å²) in [6.45, 7) is 5.21. The van der Waals surface area contributed by atoms with Crippen molar-refractivity contribution >= 4 is 21.6 Å². The number of carbonyl (C=O) groups excluding carboxylic acids is 1. The molecule has 2 aromatic rings. The van der Waals surface area contributed by atoms with E-state index < -0.39 is 10.0 Å². The Morgan fingerprint density at radius 1 is 0.964 bits per heavy atom. The zero-order valence-electron chi connectivity index (χ0n) is 16.0. The Kier molecular flexibility index (Phi) is 6.66. The molecule has 28 heavy (non-hydrogen) atoms. The van der Waals surface area contributed by atoms with Gasteiger partial charge in [-0.2, -0.15) is 0 Å². The van der Waals surface area contributed by atoms with Crippen LogP contribution in [0.25, 0.3) is 0 Å². The fourth-order valence-electron chi connectivity index (χ4n) is 3.20. The molecule has 1 aliphatic heterocycles. The van der Waals surface area contributed by atoms with Crippen LogP contribution < -0.4 is 14.9 Å². The van der Waals surface area contributed by atoms with Gasteiger partial charge < -0.3 is 10.2 Å². The van der Waals surface area contributed by atoms with Crippen molar-refractivity contribution in [2.45, 2.75) is 4.90 Å². The van der Waals surface area contributed by atoms with Crippen LogP contribution >= 0.6 is 0 Å². The molecular formula is C20H26N4O3S. The van der Waals surface area contributed by atoms with Gasteiger partial charge in [0.25, 0.3) is 5.91 Å². The highest BCUT2D eigenvalue weighted by Crippen LogP contribution is 2.15. The summed E-state index contributed by atoms with van der Waals surface area (Å²) in [5.74, 6) is -0.198. The van der Waals surface area contributed by atoms with Crippen molar-refractivity contribution in [3.63, 3.8) is 0 Å². The topological polar surface area (TPSA) is 81.7 Å². The SMILES string of the molecule is CNS(=O)(=O)c1ccc(C(=O)NCCN2CCN(c3ccccc3)CC2)cc1. The molecule has 3 rings (SSSR count). The molecule has 1 aliphatic rings. The number of rotatable bonds is 7. The molecule has 0 spiro atoms. The van der Waals surface area contributed by atoms with Crippen LogP contribution in [0.4, 0.5) is 5.69 Å². The maximum Gasteiger partial charge on any atom is 0.251 e. The molecule has 7 nitrogen and oxygen atoms in total. The van der Waals surface area contributed by atoms with Gasteiger partial charge in [0.05, 0.1) is 4.90 Å². The van der Waals surface area contributed by atoms with E-state index in [4.69, 9.17) is 0 Å². The average Bonchev–Trinajstić information content (AvgIpc) is 2.75. The van der Waals surface area contributed by atoms with Crippen LogP contribution in [0.5, 0.6) is 0 Å². The van der Waals surface area contributed by atoms with Gasteiger partial charge >= 0.3 is 0 Å². The normalized spacial score (nSPS) is 15.4. The van der Waals surface area contributed by atoms with Crippen molar-refractivity contribution in [3.8, 4) is 0 Å². The first-order chi connectivity index (χ1) is 13.5. The first-order valence-corrected chi connectivity index (χ1v) is 10.8. The Morgan fingerprint density at radius 3 is 2.21 bits per heavy atom. The van der Waals surface area contributed by atoms with Crippen LogP contribution in [-0.2, 0) is 10.0 Å². The fraction of sp³-hybridized carbons (Fsp3) is 0.350. The molecule has 0 saturated carbocycles. The maximum absolute atomic E-state index is 12.3. The molecule has 0 radical (unpaired) electrons. The second kappa shape index (κ2) is 9.18. The average molecular weight is 403 g/mol. The van der Waals surface area contributed by atoms with Gasteiger partial charge in [0.1, 0.15) is 0 Å². The maximum atomic E-state index is 12.3. The number of carbonyl (C=O) groups is 1. The molecule has 1 heterocycles. The lowest BCUT2D eigenvalue weighted by Gasteiger charge is -2.36. The highest BCUT2D eigenvalue weighted by atomic mass is 32.2. The van der Waals surface area contributed by atoms with Crippen molar-refractivity contribution in [1.29, 1.82) is 0 Å². The lowest BCUT2D eigenvalue weighted by molar-refractivity contribution is 0.0947. The van der Waals surface area contributed by atoms with Gasteiger partial charge in [-0.25, -0.2) is 13.1 Å². The minimum atomic E-state index is -3.49. The molecule has 1 amide bonds. The number of nitrogens with zero attached hydrogens (tertiary/aromatic N) is 2. The lowest BCUT2D eigenvalue weighted by atomic mass is 10.2. The van der Waals surface area contributed by atoms with Gasteiger partial charge in [-0.1, -0.05) is 18.2 Å². The first kappa shape index (κ1) is 20.3. The van der Waals surface area contributed by atoms with E-state index in [0.29, 0.717) is 12.1 Å². The largest absolute Gasteiger partial charge is 0.369 e. The third kappa shape index (κ3) is 5.09. The number of para-hydroxylation sites is 1. The molecule has 150 valence electrons. The minimum Gasteiger partial charge on any atom is -0.369 e. The Balaban J connectivity index is 1.42. The number of benzene rings is 2. The number of hydrogen-bond donors (Lipinski definition) is 2. The summed E-state index contributed by atoms with van der Waals surface area (Å²) in [7, 11) is -2.13. The van der Waals surface area contributed by atoms with E-state index in [2.05, 4.69) is 44.1 Å². The Bertz CT molecular complexity index is 877. The van der Waals surface area contributed by atoms with Gasteiger partial charge in [0.15, 0.2) is 0 Å². The van der Waals surface area contributed by atoms with Crippen LogP contribution in [0, 0.1) is 0 Å². The van der Waals surface area contributed by atoms with Gasteiger partial charge in [-0.15, -0.1) is 0 Å². The third-order valence-corrected chi connectivity index (χ3v) is 6.33. The van der Waals surface area contributed by atoms with Crippen LogP contribution in [0.3, 0.4) is 0 Å². The molecular weight excluding hydrogens is 376 g/mol. The Morgan fingerprint density at radius 2 is 1.61 bits per heavy atom. The number of hydrogen-bond acceptors (Lipinski definition) is 5. The van der Waals surface area contributed by atoms with Crippen molar-refractivity contribution < 1.29 is 13.2 Å². The van der Waals surface area contributed by atoms with E-state index >= 15 is 0 Å². The number of nitrogens with one attached hydrogen (secondary N) is 2. The Hall–Kier alpha value is -2.42. The summed E-state index contributed by atoms with van der Waals surface area (Å²) in [4.78, 5) is 17.1. The first-order valence-electron chi connectivity index (χ1n) is 9.34. The molecule has 8 heteroatoms. The summed E-state index contributed by atoms with van der Waals surface area (Å²) in [5.41, 5.74) is 1.70. The quantitative estimate of drug-likeness (QED) is 0.726. The van der Waals surface area contributed by atoms with Gasteiger partial charge in [0.2, 0.25) is 10.0 Å². The molecule has 1 saturated heterocycles. The van der Waals surface area contributed by atoms with Crippen molar-refractivity contribution in [2.75, 3.05) is 51.2 Å². The summed E-state index contributed by atoms with van der Waals surface area (Å²) < 4.78 is 25.7. The van der Waals surface area contributed by atoms with E-state index in [0.717, 1.165) is 32.7 Å². The van der Waals surface area contributed by atoms with Gasteiger partial charge in [0, 0.05) is 50.5 Å². The molecule has 1 fully saturated rings. The molecule has 2 N–H and O–H groups in total. The highest BCUT2D eigenvalue weighted by Gasteiger charge is 2.17. The van der Waals surface area contributed by atoms with Crippen molar-refractivity contribution in [3.05, 3.63) is 60.2 Å². The van der Waals surface area contributed by atoms with Crippen LogP contribution in [0.15, 0.2) is 59.5 Å². The molecule has 2 aromatic carbocycles. The second-order valence-corrected chi connectivity index (χ2v) is 8.54. The molecule has 0 bridgehead atoms. The van der Waals surface area contributed by atoms with Crippen molar-refractivity contribution in [2.24, 2.45) is 0 Å². The summed E-state index contributed by atoms with van der Waals surface area (Å²) in [5, 5.41) is 2.90. The van der Waals surface area contributed by atoms with Gasteiger partial charge in [-0.3, -0.25) is 9.69 Å². The number of piperazine rings is 1. The van der Waals surface area contributed by atoms with E-state index in [1.165, 1.54) is 37.0 Å². The lowest BCUT2D eigenvalue weighted by Crippen LogP contribution is -2.48. The van der Waals surface area contributed by atoms with E-state index in [-0.39, 0.29) is 10.8 Å². The standard InChI is InChI=1S/C20H26N4O3S/c1-21-28(26,27)19-9-7-17(8-10-19)20(25)22-11-12-23-13-15-24(16-14-23)18-5-3-2-4-6-18/h2-10,21H,11-16H2,1H3,(H,22,25). The number of anilines is 1. The summed E-state index contributed by atoms with van der Waals surface area (Å²) in [6.07, 6.45) is 0. The monoisotopic (exact) mass is 402 g/mol. The van der Waals surface area contributed by atoms with E-state index in [1.807, 2.05) is 6.07 Å². The van der Waals surface area contributed by atoms with Crippen LogP contribution in [0.2, 0.25) is 0 Å². The molecule has 0 aliphatic carbocycles. The van der Waals surface area contributed by atoms with Crippen molar-refractivity contribution in [1.82, 2.24) is 14.9 Å². The number of sulfonamides is 1. The minimum absolute atomic E-state index is 0.142. The number of amides is 1. The summed E-state index contributed by atoms with van der Waals surface area (Å²) in [6, 6.07) is 16.3. The smallest absolute Gasteiger partial charge is 0.251 e. The van der Waals surface area contributed by atoms with Crippen LogP contribution in [0.1, 0.15) is 10.4 Å². The predicted octanol–water partition coefficient (Wildman–Crippen LogP) is 1.15. The second-order valence-electron chi connectivity index (χ2n) is 6.65. The zero-order chi connectivity index (χ0) is 20.0. The molecule has 0 aromatic heterocycles. The third-order valence-electron chi connectivity index (χ3n) is 4.90. The van der Waals surface area contributed by atoms with Gasteiger partial charge in [-0.05, 0) is 43.4 Å². The molecule has 0 unspecified atom stereocenters.